The van der Waals surface area contributed by atoms with Gasteiger partial charge in [-0.25, -0.2) is 9.18 Å². The van der Waals surface area contributed by atoms with Crippen molar-refractivity contribution in [2.24, 2.45) is 0 Å². The number of esters is 1. The van der Waals surface area contributed by atoms with Crippen molar-refractivity contribution < 1.29 is 13.9 Å². The summed E-state index contributed by atoms with van der Waals surface area (Å²) < 4.78 is 18.3. The van der Waals surface area contributed by atoms with E-state index in [1.165, 1.54) is 18.2 Å². The molecule has 0 N–H and O–H groups in total. The fraction of sp³-hybridized carbons (Fsp3) is 0.308. The van der Waals surface area contributed by atoms with Crippen molar-refractivity contribution in [1.82, 2.24) is 0 Å². The molecule has 1 aromatic rings. The molecule has 2 nitrogen and oxygen atoms in total. The standard InChI is InChI=1S/C13H12BrFO2/c1-13(2,3)17-12(16)7-5-9-4-6-11(15)10(14)8-9/h4,6,8H,1-3H3. The summed E-state index contributed by atoms with van der Waals surface area (Å²) >= 11 is 3.04. The molecule has 90 valence electrons. The summed E-state index contributed by atoms with van der Waals surface area (Å²) in [5, 5.41) is 0. The van der Waals surface area contributed by atoms with E-state index >= 15 is 0 Å². The van der Waals surface area contributed by atoms with Crippen molar-refractivity contribution >= 4 is 21.9 Å². The average Bonchev–Trinajstić information content (AvgIpc) is 2.17. The van der Waals surface area contributed by atoms with Crippen molar-refractivity contribution in [1.29, 1.82) is 0 Å². The van der Waals surface area contributed by atoms with Gasteiger partial charge in [-0.3, -0.25) is 0 Å². The largest absolute Gasteiger partial charge is 0.450 e. The maximum absolute atomic E-state index is 12.9. The monoisotopic (exact) mass is 298 g/mol. The molecule has 0 aliphatic carbocycles. The van der Waals surface area contributed by atoms with Crippen molar-refractivity contribution in [2.75, 3.05) is 0 Å². The fourth-order valence-electron chi connectivity index (χ4n) is 1.00. The van der Waals surface area contributed by atoms with Gasteiger partial charge in [0, 0.05) is 11.5 Å². The Hall–Kier alpha value is -1.34. The predicted molar refractivity (Wildman–Crippen MR) is 66.8 cm³/mol. The molecule has 4 heteroatoms. The number of hydrogen-bond donors (Lipinski definition) is 0. The molecule has 0 radical (unpaired) electrons. The lowest BCUT2D eigenvalue weighted by molar-refractivity contribution is -0.147. The number of carbonyl (C=O) groups excluding carboxylic acids is 1. The summed E-state index contributed by atoms with van der Waals surface area (Å²) in [6, 6.07) is 4.29. The minimum Gasteiger partial charge on any atom is -0.450 e. The molecule has 0 amide bonds. The van der Waals surface area contributed by atoms with E-state index in [1.807, 2.05) is 0 Å². The van der Waals surface area contributed by atoms with Crippen LogP contribution in [0.1, 0.15) is 26.3 Å². The van der Waals surface area contributed by atoms with Crippen molar-refractivity contribution in [2.45, 2.75) is 26.4 Å². The number of halogens is 2. The summed E-state index contributed by atoms with van der Waals surface area (Å²) in [5.41, 5.74) is -0.0149. The minimum atomic E-state index is -0.599. The van der Waals surface area contributed by atoms with Gasteiger partial charge in [0.05, 0.1) is 4.47 Å². The molecule has 0 saturated carbocycles. The Bertz CT molecular complexity index is 492. The highest BCUT2D eigenvalue weighted by atomic mass is 79.9. The van der Waals surface area contributed by atoms with Crippen LogP contribution in [-0.4, -0.2) is 11.6 Å². The molecule has 0 heterocycles. The third-order valence-electron chi connectivity index (χ3n) is 1.63. The highest BCUT2D eigenvalue weighted by molar-refractivity contribution is 9.10. The zero-order valence-corrected chi connectivity index (χ0v) is 11.4. The van der Waals surface area contributed by atoms with Crippen molar-refractivity contribution in [3.05, 3.63) is 34.1 Å². The van der Waals surface area contributed by atoms with Crippen LogP contribution in [0.15, 0.2) is 22.7 Å². The van der Waals surface area contributed by atoms with Crippen molar-refractivity contribution in [3.8, 4) is 11.8 Å². The number of carbonyl (C=O) groups is 1. The summed E-state index contributed by atoms with van der Waals surface area (Å²) in [4.78, 5) is 11.3. The van der Waals surface area contributed by atoms with Gasteiger partial charge in [-0.1, -0.05) is 5.92 Å². The molecule has 1 rings (SSSR count). The third-order valence-corrected chi connectivity index (χ3v) is 2.24. The first-order valence-electron chi connectivity index (χ1n) is 4.98. The first-order chi connectivity index (χ1) is 7.78. The smallest absolute Gasteiger partial charge is 0.385 e. The molecule has 0 saturated heterocycles. The van der Waals surface area contributed by atoms with E-state index in [2.05, 4.69) is 27.8 Å². The second kappa shape index (κ2) is 5.33. The number of ether oxygens (including phenoxy) is 1. The van der Waals surface area contributed by atoms with E-state index in [-0.39, 0.29) is 5.82 Å². The molecule has 0 aliphatic rings. The Balaban J connectivity index is 2.78. The molecular weight excluding hydrogens is 287 g/mol. The van der Waals surface area contributed by atoms with Crippen LogP contribution < -0.4 is 0 Å². The second-order valence-corrected chi connectivity index (χ2v) is 5.24. The topological polar surface area (TPSA) is 26.3 Å². The molecule has 0 spiro atoms. The lowest BCUT2D eigenvalue weighted by atomic mass is 10.2. The number of benzene rings is 1. The maximum Gasteiger partial charge on any atom is 0.385 e. The van der Waals surface area contributed by atoms with E-state index in [4.69, 9.17) is 4.74 Å². The normalized spacial score (nSPS) is 10.4. The van der Waals surface area contributed by atoms with Gasteiger partial charge in [0.1, 0.15) is 11.4 Å². The number of hydrogen-bond acceptors (Lipinski definition) is 2. The predicted octanol–water partition coefficient (Wildman–Crippen LogP) is 3.28. The maximum atomic E-state index is 12.9. The van der Waals surface area contributed by atoms with Crippen LogP contribution in [0.25, 0.3) is 0 Å². The molecular formula is C13H12BrFO2. The first kappa shape index (κ1) is 13.7. The van der Waals surface area contributed by atoms with Gasteiger partial charge in [0.15, 0.2) is 0 Å². The van der Waals surface area contributed by atoms with E-state index in [1.54, 1.807) is 20.8 Å². The Labute approximate surface area is 108 Å². The van der Waals surface area contributed by atoms with Crippen LogP contribution in [0.5, 0.6) is 0 Å². The fourth-order valence-corrected chi connectivity index (χ4v) is 1.38. The molecule has 0 atom stereocenters. The molecule has 0 aliphatic heterocycles. The van der Waals surface area contributed by atoms with Gasteiger partial charge < -0.3 is 4.74 Å². The zero-order valence-electron chi connectivity index (χ0n) is 9.80. The highest BCUT2D eigenvalue weighted by Gasteiger charge is 2.14. The van der Waals surface area contributed by atoms with Crippen LogP contribution in [-0.2, 0) is 9.53 Å². The Morgan fingerprint density at radius 2 is 2.06 bits per heavy atom. The number of rotatable bonds is 0. The first-order valence-corrected chi connectivity index (χ1v) is 5.77. The van der Waals surface area contributed by atoms with Gasteiger partial charge >= 0.3 is 5.97 Å². The summed E-state index contributed by atoms with van der Waals surface area (Å²) in [6.45, 7) is 5.29. The van der Waals surface area contributed by atoms with Crippen molar-refractivity contribution in [3.63, 3.8) is 0 Å². The van der Waals surface area contributed by atoms with Gasteiger partial charge in [0.2, 0.25) is 0 Å². The van der Waals surface area contributed by atoms with E-state index in [0.29, 0.717) is 10.0 Å². The van der Waals surface area contributed by atoms with Gasteiger partial charge in [-0.05, 0) is 54.9 Å². The summed E-state index contributed by atoms with van der Waals surface area (Å²) in [6.07, 6.45) is 0. The molecule has 0 bridgehead atoms. The minimum absolute atomic E-state index is 0.313. The highest BCUT2D eigenvalue weighted by Crippen LogP contribution is 2.16. The SMILES string of the molecule is CC(C)(C)OC(=O)C#Cc1ccc(F)c(Br)c1. The Morgan fingerprint density at radius 1 is 1.41 bits per heavy atom. The van der Waals surface area contributed by atoms with Gasteiger partial charge in [-0.2, -0.15) is 0 Å². The van der Waals surface area contributed by atoms with Crippen LogP contribution in [0.3, 0.4) is 0 Å². The Kier molecular flexibility index (Phi) is 4.30. The van der Waals surface area contributed by atoms with Crippen LogP contribution in [0.4, 0.5) is 4.39 Å². The van der Waals surface area contributed by atoms with Crippen LogP contribution in [0.2, 0.25) is 0 Å². The molecule has 0 unspecified atom stereocenters. The molecule has 17 heavy (non-hydrogen) atoms. The molecule has 0 fully saturated rings. The van der Waals surface area contributed by atoms with Crippen LogP contribution in [0, 0.1) is 17.7 Å². The summed E-state index contributed by atoms with van der Waals surface area (Å²) in [7, 11) is 0. The van der Waals surface area contributed by atoms with Crippen LogP contribution >= 0.6 is 15.9 Å². The second-order valence-electron chi connectivity index (χ2n) is 4.38. The molecule has 1 aromatic carbocycles. The van der Waals surface area contributed by atoms with E-state index in [9.17, 15) is 9.18 Å². The molecule has 0 aromatic heterocycles. The average molecular weight is 299 g/mol. The van der Waals surface area contributed by atoms with E-state index in [0.717, 1.165) is 0 Å². The lowest BCUT2D eigenvalue weighted by Crippen LogP contribution is -2.22. The third kappa shape index (κ3) is 5.01. The van der Waals surface area contributed by atoms with Gasteiger partial charge in [0.25, 0.3) is 0 Å². The van der Waals surface area contributed by atoms with E-state index < -0.39 is 11.6 Å². The zero-order chi connectivity index (χ0) is 13.1. The van der Waals surface area contributed by atoms with Gasteiger partial charge in [-0.15, -0.1) is 0 Å². The quantitative estimate of drug-likeness (QED) is 0.543. The Morgan fingerprint density at radius 3 is 2.59 bits per heavy atom. The lowest BCUT2D eigenvalue weighted by Gasteiger charge is -2.16. The summed E-state index contributed by atoms with van der Waals surface area (Å²) in [5.74, 6) is 3.99.